The molecule has 2 N–H and O–H groups in total. The van der Waals surface area contributed by atoms with Gasteiger partial charge in [-0.15, -0.1) is 0 Å². The summed E-state index contributed by atoms with van der Waals surface area (Å²) < 4.78 is 1.84. The van der Waals surface area contributed by atoms with E-state index in [4.69, 9.17) is 5.11 Å². The number of nitrogens with zero attached hydrogens (tertiary/aromatic N) is 2. The Morgan fingerprint density at radius 1 is 1.21 bits per heavy atom. The van der Waals surface area contributed by atoms with Gasteiger partial charge in [-0.1, -0.05) is 0 Å². The molecule has 0 spiro atoms. The first-order valence-corrected chi connectivity index (χ1v) is 8.11. The molecule has 6 heteroatoms. The van der Waals surface area contributed by atoms with E-state index in [0.717, 1.165) is 17.1 Å². The van der Waals surface area contributed by atoms with Crippen molar-refractivity contribution in [2.45, 2.75) is 39.2 Å². The summed E-state index contributed by atoms with van der Waals surface area (Å²) in [6.45, 7) is 3.93. The maximum absolute atomic E-state index is 12.3. The van der Waals surface area contributed by atoms with E-state index in [1.54, 1.807) is 12.1 Å². The molecule has 1 aliphatic carbocycles. The van der Waals surface area contributed by atoms with Gasteiger partial charge in [-0.2, -0.15) is 5.10 Å². The average Bonchev–Trinajstić information content (AvgIpc) is 3.14. The van der Waals surface area contributed by atoms with Gasteiger partial charge in [-0.25, -0.2) is 4.68 Å². The van der Waals surface area contributed by atoms with Crippen molar-refractivity contribution in [1.29, 1.82) is 0 Å². The van der Waals surface area contributed by atoms with Crippen LogP contribution in [0.3, 0.4) is 0 Å². The SMILES string of the molecule is Cc1cc(C)n(-c2ccc(C(=O)N[C@@H]3CC[C@H](C(=O)O)C3)cc2)n1. The number of carboxylic acids is 1. The zero-order valence-electron chi connectivity index (χ0n) is 13.8. The molecule has 1 aromatic heterocycles. The third-order valence-corrected chi connectivity index (χ3v) is 4.50. The van der Waals surface area contributed by atoms with Gasteiger partial charge >= 0.3 is 5.97 Å². The van der Waals surface area contributed by atoms with Gasteiger partial charge < -0.3 is 10.4 Å². The second-order valence-electron chi connectivity index (χ2n) is 6.40. The lowest BCUT2D eigenvalue weighted by Crippen LogP contribution is -2.33. The molecular weight excluding hydrogens is 306 g/mol. The number of carboxylic acid groups (broad SMARTS) is 1. The Morgan fingerprint density at radius 3 is 2.46 bits per heavy atom. The molecule has 0 aliphatic heterocycles. The summed E-state index contributed by atoms with van der Waals surface area (Å²) in [4.78, 5) is 23.3. The summed E-state index contributed by atoms with van der Waals surface area (Å²) in [5.41, 5.74) is 3.46. The van der Waals surface area contributed by atoms with E-state index in [1.165, 1.54) is 0 Å². The van der Waals surface area contributed by atoms with Gasteiger partial charge in [0, 0.05) is 17.3 Å². The quantitative estimate of drug-likeness (QED) is 0.903. The molecule has 3 rings (SSSR count). The summed E-state index contributed by atoms with van der Waals surface area (Å²) >= 11 is 0. The molecule has 1 amide bonds. The normalized spacial score (nSPS) is 20.1. The Bertz CT molecular complexity index is 764. The first-order chi connectivity index (χ1) is 11.4. The van der Waals surface area contributed by atoms with E-state index in [1.807, 2.05) is 36.7 Å². The fourth-order valence-corrected chi connectivity index (χ4v) is 3.25. The number of aliphatic carboxylic acids is 1. The van der Waals surface area contributed by atoms with Crippen LogP contribution in [0.5, 0.6) is 0 Å². The van der Waals surface area contributed by atoms with E-state index >= 15 is 0 Å². The minimum absolute atomic E-state index is 0.0608. The molecule has 0 bridgehead atoms. The number of nitrogens with one attached hydrogen (secondary N) is 1. The summed E-state index contributed by atoms with van der Waals surface area (Å²) in [5.74, 6) is -1.28. The van der Waals surface area contributed by atoms with Gasteiger partial charge in [0.2, 0.25) is 0 Å². The molecule has 1 heterocycles. The van der Waals surface area contributed by atoms with Crippen LogP contribution in [0.25, 0.3) is 5.69 Å². The zero-order valence-corrected chi connectivity index (χ0v) is 13.8. The minimum Gasteiger partial charge on any atom is -0.481 e. The number of carbonyl (C=O) groups excluding carboxylic acids is 1. The standard InChI is InChI=1S/C18H21N3O3/c1-11-9-12(2)21(20-11)16-7-4-13(5-8-16)17(22)19-15-6-3-14(10-15)18(23)24/h4-5,7-9,14-15H,3,6,10H2,1-2H3,(H,19,22)(H,23,24)/t14-,15+/m0/s1. The molecule has 1 saturated carbocycles. The summed E-state index contributed by atoms with van der Waals surface area (Å²) in [5, 5.41) is 16.4. The minimum atomic E-state index is -0.777. The monoisotopic (exact) mass is 327 g/mol. The summed E-state index contributed by atoms with van der Waals surface area (Å²) in [6, 6.07) is 9.20. The smallest absolute Gasteiger partial charge is 0.306 e. The Labute approximate surface area is 140 Å². The Balaban J connectivity index is 1.66. The van der Waals surface area contributed by atoms with Crippen LogP contribution in [-0.2, 0) is 4.79 Å². The topological polar surface area (TPSA) is 84.2 Å². The van der Waals surface area contributed by atoms with Crippen molar-refractivity contribution in [1.82, 2.24) is 15.1 Å². The Kier molecular flexibility index (Phi) is 4.38. The van der Waals surface area contributed by atoms with Gasteiger partial charge in [0.1, 0.15) is 0 Å². The molecule has 0 radical (unpaired) electrons. The third kappa shape index (κ3) is 3.32. The van der Waals surface area contributed by atoms with Crippen LogP contribution in [0.15, 0.2) is 30.3 Å². The highest BCUT2D eigenvalue weighted by molar-refractivity contribution is 5.94. The van der Waals surface area contributed by atoms with E-state index < -0.39 is 5.97 Å². The number of aromatic nitrogens is 2. The van der Waals surface area contributed by atoms with Crippen LogP contribution in [0.1, 0.15) is 41.0 Å². The van der Waals surface area contributed by atoms with Crippen molar-refractivity contribution < 1.29 is 14.7 Å². The molecule has 1 aromatic carbocycles. The number of rotatable bonds is 4. The molecular formula is C18H21N3O3. The fourth-order valence-electron chi connectivity index (χ4n) is 3.25. The molecule has 1 fully saturated rings. The van der Waals surface area contributed by atoms with Gasteiger partial charge in [-0.05, 0) is 63.4 Å². The maximum atomic E-state index is 12.3. The average molecular weight is 327 g/mol. The maximum Gasteiger partial charge on any atom is 0.306 e. The highest BCUT2D eigenvalue weighted by Crippen LogP contribution is 2.26. The van der Waals surface area contributed by atoms with Crippen LogP contribution in [0, 0.1) is 19.8 Å². The first kappa shape index (κ1) is 16.2. The van der Waals surface area contributed by atoms with Crippen LogP contribution in [0.2, 0.25) is 0 Å². The third-order valence-electron chi connectivity index (χ3n) is 4.50. The van der Waals surface area contributed by atoms with Crippen LogP contribution in [-0.4, -0.2) is 32.8 Å². The van der Waals surface area contributed by atoms with Crippen molar-refractivity contribution in [3.8, 4) is 5.69 Å². The number of amides is 1. The van der Waals surface area contributed by atoms with Gasteiger partial charge in [0.05, 0.1) is 17.3 Å². The van der Waals surface area contributed by atoms with E-state index in [-0.39, 0.29) is 17.9 Å². The summed E-state index contributed by atoms with van der Waals surface area (Å²) in [6.07, 6.45) is 1.84. The predicted octanol–water partition coefficient (Wildman–Crippen LogP) is 2.47. The van der Waals surface area contributed by atoms with Crippen LogP contribution < -0.4 is 5.32 Å². The molecule has 126 valence electrons. The second-order valence-corrected chi connectivity index (χ2v) is 6.40. The van der Waals surface area contributed by atoms with Crippen molar-refractivity contribution in [3.05, 3.63) is 47.3 Å². The molecule has 24 heavy (non-hydrogen) atoms. The molecule has 0 saturated heterocycles. The van der Waals surface area contributed by atoms with Crippen molar-refractivity contribution in [3.63, 3.8) is 0 Å². The lowest BCUT2D eigenvalue weighted by Gasteiger charge is -2.13. The largest absolute Gasteiger partial charge is 0.481 e. The lowest BCUT2D eigenvalue weighted by molar-refractivity contribution is -0.141. The zero-order chi connectivity index (χ0) is 17.3. The van der Waals surface area contributed by atoms with Gasteiger partial charge in [-0.3, -0.25) is 9.59 Å². The predicted molar refractivity (Wildman–Crippen MR) is 89.3 cm³/mol. The van der Waals surface area contributed by atoms with Crippen LogP contribution >= 0.6 is 0 Å². The van der Waals surface area contributed by atoms with E-state index in [0.29, 0.717) is 24.8 Å². The second kappa shape index (κ2) is 6.47. The number of carbonyl (C=O) groups is 2. The Hall–Kier alpha value is -2.63. The first-order valence-electron chi connectivity index (χ1n) is 8.11. The van der Waals surface area contributed by atoms with E-state index in [2.05, 4.69) is 10.4 Å². The van der Waals surface area contributed by atoms with Crippen LogP contribution in [0.4, 0.5) is 0 Å². The molecule has 2 aromatic rings. The van der Waals surface area contributed by atoms with Crippen molar-refractivity contribution >= 4 is 11.9 Å². The number of benzene rings is 1. The number of hydrogen-bond acceptors (Lipinski definition) is 3. The molecule has 1 aliphatic rings. The summed E-state index contributed by atoms with van der Waals surface area (Å²) in [7, 11) is 0. The van der Waals surface area contributed by atoms with Gasteiger partial charge in [0.25, 0.3) is 5.91 Å². The molecule has 0 unspecified atom stereocenters. The number of aryl methyl sites for hydroxylation is 2. The van der Waals surface area contributed by atoms with Crippen molar-refractivity contribution in [2.75, 3.05) is 0 Å². The van der Waals surface area contributed by atoms with E-state index in [9.17, 15) is 9.59 Å². The Morgan fingerprint density at radius 2 is 1.92 bits per heavy atom. The molecule has 2 atom stereocenters. The van der Waals surface area contributed by atoms with Crippen molar-refractivity contribution in [2.24, 2.45) is 5.92 Å². The van der Waals surface area contributed by atoms with Gasteiger partial charge in [0.15, 0.2) is 0 Å². The lowest BCUT2D eigenvalue weighted by atomic mass is 10.1. The highest BCUT2D eigenvalue weighted by Gasteiger charge is 2.30. The highest BCUT2D eigenvalue weighted by atomic mass is 16.4. The number of hydrogen-bond donors (Lipinski definition) is 2. The fraction of sp³-hybridized carbons (Fsp3) is 0.389. The molecule has 6 nitrogen and oxygen atoms in total.